The van der Waals surface area contributed by atoms with Crippen molar-refractivity contribution in [3.05, 3.63) is 0 Å². The van der Waals surface area contributed by atoms with Gasteiger partial charge in [-0.2, -0.15) is 0 Å². The summed E-state index contributed by atoms with van der Waals surface area (Å²) in [5.41, 5.74) is 0. The van der Waals surface area contributed by atoms with Crippen LogP contribution in [0.2, 0.25) is 0 Å². The first-order valence-corrected chi connectivity index (χ1v) is 5.24. The van der Waals surface area contributed by atoms with E-state index in [-0.39, 0.29) is 0 Å². The van der Waals surface area contributed by atoms with Crippen molar-refractivity contribution in [2.75, 3.05) is 6.61 Å². The molecule has 0 aromatic heterocycles. The van der Waals surface area contributed by atoms with Gasteiger partial charge in [0.1, 0.15) is 18.3 Å². The van der Waals surface area contributed by atoms with Crippen LogP contribution >= 0.6 is 7.82 Å². The molecule has 4 atom stereocenters. The van der Waals surface area contributed by atoms with Gasteiger partial charge in [0.2, 0.25) is 0 Å². The summed E-state index contributed by atoms with van der Waals surface area (Å²) >= 11 is 0. The van der Waals surface area contributed by atoms with Crippen molar-refractivity contribution in [1.29, 1.82) is 0 Å². The first kappa shape index (κ1) is 12.0. The lowest BCUT2D eigenvalue weighted by Gasteiger charge is -2.14. The van der Waals surface area contributed by atoms with Gasteiger partial charge < -0.3 is 29.8 Å². The maximum Gasteiger partial charge on any atom is 0.469 e. The predicted molar refractivity (Wildman–Crippen MR) is 40.9 cm³/mol. The minimum Gasteiger partial charge on any atom is -0.387 e. The summed E-state index contributed by atoms with van der Waals surface area (Å²) in [5, 5.41) is 27.0. The highest BCUT2D eigenvalue weighted by molar-refractivity contribution is 7.46. The molecule has 1 heterocycles. The molecular weight excluding hydrogens is 219 g/mol. The molecule has 14 heavy (non-hydrogen) atoms. The fraction of sp³-hybridized carbons (Fsp3) is 1.00. The summed E-state index contributed by atoms with van der Waals surface area (Å²) in [5.74, 6) is 0. The van der Waals surface area contributed by atoms with E-state index in [0.717, 1.165) is 0 Å². The van der Waals surface area contributed by atoms with Crippen molar-refractivity contribution in [3.63, 3.8) is 0 Å². The molecule has 8 nitrogen and oxygen atoms in total. The zero-order valence-electron chi connectivity index (χ0n) is 6.92. The maximum atomic E-state index is 10.3. The van der Waals surface area contributed by atoms with Crippen LogP contribution in [0.5, 0.6) is 0 Å². The third kappa shape index (κ3) is 2.97. The normalized spacial score (nSPS) is 38.9. The number of aliphatic hydroxyl groups excluding tert-OH is 3. The highest BCUT2D eigenvalue weighted by Gasteiger charge is 2.42. The molecule has 0 unspecified atom stereocenters. The van der Waals surface area contributed by atoms with E-state index in [1.807, 2.05) is 0 Å². The highest BCUT2D eigenvalue weighted by atomic mass is 31.2. The van der Waals surface area contributed by atoms with Crippen LogP contribution in [0, 0.1) is 0 Å². The second-order valence-electron chi connectivity index (χ2n) is 2.83. The van der Waals surface area contributed by atoms with Crippen molar-refractivity contribution >= 4 is 7.82 Å². The molecule has 1 saturated heterocycles. The number of ether oxygens (including phenoxy) is 1. The Hall–Kier alpha value is -0.0500. The predicted octanol–water partition coefficient (Wildman–Crippen LogP) is -2.47. The number of rotatable bonds is 3. The summed E-state index contributed by atoms with van der Waals surface area (Å²) in [6.07, 6.45) is -5.67. The lowest BCUT2D eigenvalue weighted by Crippen LogP contribution is -2.34. The van der Waals surface area contributed by atoms with E-state index in [2.05, 4.69) is 9.26 Å². The summed E-state index contributed by atoms with van der Waals surface area (Å²) in [6.45, 7) is -0.612. The van der Waals surface area contributed by atoms with E-state index in [1.165, 1.54) is 0 Å². The molecule has 9 heteroatoms. The third-order valence-electron chi connectivity index (χ3n) is 1.74. The first-order chi connectivity index (χ1) is 6.31. The van der Waals surface area contributed by atoms with Crippen molar-refractivity contribution in [2.24, 2.45) is 0 Å². The Labute approximate surface area is 78.9 Å². The molecule has 0 aliphatic carbocycles. The lowest BCUT2D eigenvalue weighted by atomic mass is 10.1. The van der Waals surface area contributed by atoms with Gasteiger partial charge in [0.25, 0.3) is 0 Å². The van der Waals surface area contributed by atoms with E-state index in [4.69, 9.17) is 25.1 Å². The molecule has 1 aliphatic heterocycles. The van der Waals surface area contributed by atoms with E-state index in [0.29, 0.717) is 0 Å². The summed E-state index contributed by atoms with van der Waals surface area (Å²) in [6, 6.07) is 0. The molecular formula is C5H11O8P. The Morgan fingerprint density at radius 2 is 1.79 bits per heavy atom. The lowest BCUT2D eigenvalue weighted by molar-refractivity contribution is -0.132. The molecule has 84 valence electrons. The van der Waals surface area contributed by atoms with Gasteiger partial charge in [0.05, 0.1) is 6.61 Å². The second-order valence-corrected chi connectivity index (χ2v) is 4.07. The quantitative estimate of drug-likeness (QED) is 0.336. The minimum atomic E-state index is -4.64. The van der Waals surface area contributed by atoms with Gasteiger partial charge in [0.15, 0.2) is 6.29 Å². The van der Waals surface area contributed by atoms with Gasteiger partial charge in [-0.15, -0.1) is 0 Å². The fourth-order valence-electron chi connectivity index (χ4n) is 1.04. The topological polar surface area (TPSA) is 137 Å². The van der Waals surface area contributed by atoms with Crippen LogP contribution in [0.3, 0.4) is 0 Å². The van der Waals surface area contributed by atoms with Gasteiger partial charge >= 0.3 is 7.82 Å². The van der Waals surface area contributed by atoms with E-state index in [1.54, 1.807) is 0 Å². The van der Waals surface area contributed by atoms with E-state index < -0.39 is 39.0 Å². The van der Waals surface area contributed by atoms with Gasteiger partial charge in [0, 0.05) is 0 Å². The van der Waals surface area contributed by atoms with Gasteiger partial charge in [-0.05, 0) is 0 Å². The number of hydrogen-bond acceptors (Lipinski definition) is 6. The molecule has 0 spiro atoms. The maximum absolute atomic E-state index is 10.3. The monoisotopic (exact) mass is 230 g/mol. The highest BCUT2D eigenvalue weighted by Crippen LogP contribution is 2.36. The smallest absolute Gasteiger partial charge is 0.387 e. The molecule has 0 aromatic carbocycles. The van der Waals surface area contributed by atoms with Gasteiger partial charge in [-0.3, -0.25) is 4.52 Å². The van der Waals surface area contributed by atoms with Crippen LogP contribution in [0.25, 0.3) is 0 Å². The first-order valence-electron chi connectivity index (χ1n) is 3.71. The summed E-state index contributed by atoms with van der Waals surface area (Å²) in [4.78, 5) is 16.6. The van der Waals surface area contributed by atoms with Crippen LogP contribution in [-0.2, 0) is 13.8 Å². The molecule has 0 aromatic rings. The summed E-state index contributed by atoms with van der Waals surface area (Å²) in [7, 11) is -4.64. The Morgan fingerprint density at radius 3 is 2.14 bits per heavy atom. The van der Waals surface area contributed by atoms with Crippen LogP contribution in [0.4, 0.5) is 0 Å². The van der Waals surface area contributed by atoms with Crippen molar-refractivity contribution in [2.45, 2.75) is 24.6 Å². The van der Waals surface area contributed by atoms with Crippen molar-refractivity contribution in [3.8, 4) is 0 Å². The van der Waals surface area contributed by atoms with Crippen LogP contribution in [0.15, 0.2) is 0 Å². The van der Waals surface area contributed by atoms with Crippen LogP contribution in [-0.4, -0.2) is 56.3 Å². The molecule has 0 radical (unpaired) electrons. The second kappa shape index (κ2) is 4.21. The fourth-order valence-corrected chi connectivity index (χ4v) is 1.38. The Bertz CT molecular complexity index is 238. The SMILES string of the molecule is O=P(O)(O)OC[C@H]1O[C@H](O)[C@H](O)[C@H]1O. The standard InChI is InChI=1S/C5H11O8P/c6-3-2(1-12-14(9,10)11)13-5(8)4(3)7/h2-8H,1H2,(H2,9,10,11)/t2-,3+,4-,5+/m1/s1. The van der Waals surface area contributed by atoms with Crippen LogP contribution < -0.4 is 0 Å². The zero-order chi connectivity index (χ0) is 10.9. The minimum absolute atomic E-state index is 0.612. The van der Waals surface area contributed by atoms with E-state index in [9.17, 15) is 4.57 Å². The number of phosphoric ester groups is 1. The Balaban J connectivity index is 2.44. The number of hydrogen-bond donors (Lipinski definition) is 5. The molecule has 1 aliphatic rings. The Morgan fingerprint density at radius 1 is 1.21 bits per heavy atom. The molecule has 5 N–H and O–H groups in total. The molecule has 0 bridgehead atoms. The number of aliphatic hydroxyl groups is 3. The average Bonchev–Trinajstić information content (AvgIpc) is 2.28. The molecule has 1 rings (SSSR count). The van der Waals surface area contributed by atoms with Gasteiger partial charge in [-0.1, -0.05) is 0 Å². The zero-order valence-corrected chi connectivity index (χ0v) is 7.82. The largest absolute Gasteiger partial charge is 0.469 e. The molecule has 1 fully saturated rings. The molecule has 0 saturated carbocycles. The Kier molecular flexibility index (Phi) is 3.62. The molecule has 0 amide bonds. The van der Waals surface area contributed by atoms with Crippen molar-refractivity contribution < 1.29 is 38.9 Å². The number of phosphoric acid groups is 1. The van der Waals surface area contributed by atoms with Gasteiger partial charge in [-0.25, -0.2) is 4.57 Å². The average molecular weight is 230 g/mol. The summed E-state index contributed by atoms with van der Waals surface area (Å²) < 4.78 is 18.9. The van der Waals surface area contributed by atoms with E-state index >= 15 is 0 Å². The van der Waals surface area contributed by atoms with Crippen LogP contribution in [0.1, 0.15) is 0 Å². The third-order valence-corrected chi connectivity index (χ3v) is 2.23. The van der Waals surface area contributed by atoms with Crippen molar-refractivity contribution in [1.82, 2.24) is 0 Å².